The van der Waals surface area contributed by atoms with Crippen LogP contribution in [0.3, 0.4) is 0 Å². The zero-order valence-corrected chi connectivity index (χ0v) is 16.2. The number of ether oxygens (including phenoxy) is 1. The first kappa shape index (κ1) is 17.0. The third kappa shape index (κ3) is 3.44. The first-order valence-electron chi connectivity index (χ1n) is 8.49. The summed E-state index contributed by atoms with van der Waals surface area (Å²) in [5, 5.41) is 6.37. The summed E-state index contributed by atoms with van der Waals surface area (Å²) < 4.78 is 5.31. The summed E-state index contributed by atoms with van der Waals surface area (Å²) in [6.45, 7) is 0. The molecule has 1 nitrogen and oxygen atoms in total. The van der Waals surface area contributed by atoms with Gasteiger partial charge in [0.25, 0.3) is 0 Å². The monoisotopic (exact) mass is 374 g/mol. The number of methoxy groups -OCH3 is 1. The molecule has 0 aliphatic carbocycles. The van der Waals surface area contributed by atoms with E-state index in [0.29, 0.717) is 0 Å². The highest BCUT2D eigenvalue weighted by Crippen LogP contribution is 2.39. The SMILES string of the molecule is COc1ccc(-c2sccc2P(c2ccccc2)c2ccccc2)cc1. The van der Waals surface area contributed by atoms with E-state index in [1.165, 1.54) is 26.4 Å². The zero-order chi connectivity index (χ0) is 17.8. The lowest BCUT2D eigenvalue weighted by molar-refractivity contribution is 0.415. The second-order valence-electron chi connectivity index (χ2n) is 5.87. The highest BCUT2D eigenvalue weighted by atomic mass is 32.1. The lowest BCUT2D eigenvalue weighted by Crippen LogP contribution is -2.20. The van der Waals surface area contributed by atoms with Crippen LogP contribution in [0.2, 0.25) is 0 Å². The predicted molar refractivity (Wildman–Crippen MR) is 115 cm³/mol. The highest BCUT2D eigenvalue weighted by molar-refractivity contribution is 7.80. The van der Waals surface area contributed by atoms with Gasteiger partial charge in [-0.15, -0.1) is 11.3 Å². The Morgan fingerprint density at radius 2 is 1.27 bits per heavy atom. The Hall–Kier alpha value is -2.41. The van der Waals surface area contributed by atoms with Gasteiger partial charge in [-0.2, -0.15) is 0 Å². The minimum Gasteiger partial charge on any atom is -0.497 e. The Balaban J connectivity index is 1.84. The van der Waals surface area contributed by atoms with Gasteiger partial charge in [-0.1, -0.05) is 60.7 Å². The molecule has 3 heteroatoms. The molecule has 0 bridgehead atoms. The molecule has 0 atom stereocenters. The number of rotatable bonds is 5. The normalized spacial score (nSPS) is 10.8. The minimum absolute atomic E-state index is 0.585. The summed E-state index contributed by atoms with van der Waals surface area (Å²) >= 11 is 1.81. The van der Waals surface area contributed by atoms with Crippen molar-refractivity contribution in [3.8, 4) is 16.2 Å². The van der Waals surface area contributed by atoms with Crippen molar-refractivity contribution in [1.29, 1.82) is 0 Å². The maximum absolute atomic E-state index is 5.31. The van der Waals surface area contributed by atoms with Crippen LogP contribution in [0.1, 0.15) is 0 Å². The van der Waals surface area contributed by atoms with Crippen molar-refractivity contribution >= 4 is 35.2 Å². The fourth-order valence-corrected chi connectivity index (χ4v) is 6.70. The standard InChI is InChI=1S/C23H19OPS/c1-24-19-14-12-18(13-15-19)23-22(16-17-26-23)25(20-8-4-2-5-9-20)21-10-6-3-7-11-21/h2-17H,1H3. The molecule has 1 aromatic heterocycles. The average molecular weight is 374 g/mol. The average Bonchev–Trinajstić information content (AvgIpc) is 3.19. The van der Waals surface area contributed by atoms with Gasteiger partial charge in [0.1, 0.15) is 5.75 Å². The Labute approximate surface area is 159 Å². The molecule has 0 amide bonds. The number of hydrogen-bond donors (Lipinski definition) is 0. The lowest BCUT2D eigenvalue weighted by Gasteiger charge is -2.20. The van der Waals surface area contributed by atoms with Crippen LogP contribution in [0.15, 0.2) is 96.4 Å². The maximum atomic E-state index is 5.31. The smallest absolute Gasteiger partial charge is 0.118 e. The Morgan fingerprint density at radius 3 is 1.81 bits per heavy atom. The third-order valence-corrected chi connectivity index (χ3v) is 7.86. The molecule has 0 saturated heterocycles. The second kappa shape index (κ2) is 7.86. The van der Waals surface area contributed by atoms with Crippen LogP contribution in [0.4, 0.5) is 0 Å². The van der Waals surface area contributed by atoms with Gasteiger partial charge in [-0.05, 0) is 59.8 Å². The van der Waals surface area contributed by atoms with E-state index in [-0.39, 0.29) is 0 Å². The molecule has 0 spiro atoms. The number of benzene rings is 3. The van der Waals surface area contributed by atoms with Crippen molar-refractivity contribution in [2.75, 3.05) is 7.11 Å². The molecule has 0 aliphatic rings. The summed E-state index contributed by atoms with van der Waals surface area (Å²) in [5.41, 5.74) is 1.25. The Bertz CT molecular complexity index is 923. The van der Waals surface area contributed by atoms with Crippen molar-refractivity contribution in [3.05, 3.63) is 96.4 Å². The molecule has 4 rings (SSSR count). The van der Waals surface area contributed by atoms with E-state index < -0.39 is 7.92 Å². The molecule has 0 saturated carbocycles. The van der Waals surface area contributed by atoms with E-state index >= 15 is 0 Å². The van der Waals surface area contributed by atoms with Crippen LogP contribution >= 0.6 is 19.3 Å². The third-order valence-electron chi connectivity index (χ3n) is 4.27. The summed E-state index contributed by atoms with van der Waals surface area (Å²) in [6, 6.07) is 32.3. The van der Waals surface area contributed by atoms with Crippen molar-refractivity contribution in [1.82, 2.24) is 0 Å². The molecule has 0 fully saturated rings. The molecule has 0 radical (unpaired) electrons. The lowest BCUT2D eigenvalue weighted by atomic mass is 10.2. The molecule has 0 unspecified atom stereocenters. The van der Waals surface area contributed by atoms with Gasteiger partial charge in [0, 0.05) is 10.2 Å². The topological polar surface area (TPSA) is 9.23 Å². The molecular formula is C23H19OPS. The van der Waals surface area contributed by atoms with Crippen LogP contribution in [-0.4, -0.2) is 7.11 Å². The molecule has 0 N–H and O–H groups in total. The number of thiophene rings is 1. The molecule has 1 heterocycles. The highest BCUT2D eigenvalue weighted by Gasteiger charge is 2.21. The molecule has 26 heavy (non-hydrogen) atoms. The number of hydrogen-bond acceptors (Lipinski definition) is 2. The van der Waals surface area contributed by atoms with E-state index in [1.807, 2.05) is 23.5 Å². The first-order valence-corrected chi connectivity index (χ1v) is 10.7. The van der Waals surface area contributed by atoms with Crippen LogP contribution in [-0.2, 0) is 0 Å². The van der Waals surface area contributed by atoms with E-state index in [9.17, 15) is 0 Å². The zero-order valence-electron chi connectivity index (χ0n) is 14.5. The molecule has 3 aromatic carbocycles. The Morgan fingerprint density at radius 1 is 0.692 bits per heavy atom. The fraction of sp³-hybridized carbons (Fsp3) is 0.0435. The van der Waals surface area contributed by atoms with E-state index in [4.69, 9.17) is 4.74 Å². The molecule has 0 aliphatic heterocycles. The summed E-state index contributed by atoms with van der Waals surface area (Å²) in [4.78, 5) is 1.34. The van der Waals surface area contributed by atoms with Crippen molar-refractivity contribution in [2.45, 2.75) is 0 Å². The van der Waals surface area contributed by atoms with E-state index in [1.54, 1.807) is 7.11 Å². The van der Waals surface area contributed by atoms with Gasteiger partial charge in [0.15, 0.2) is 0 Å². The van der Waals surface area contributed by atoms with Gasteiger partial charge in [-0.3, -0.25) is 0 Å². The summed E-state index contributed by atoms with van der Waals surface area (Å²) in [7, 11) is 1.12. The van der Waals surface area contributed by atoms with Crippen molar-refractivity contribution in [2.24, 2.45) is 0 Å². The van der Waals surface area contributed by atoms with Crippen LogP contribution < -0.4 is 20.7 Å². The summed E-state index contributed by atoms with van der Waals surface area (Å²) in [5.74, 6) is 0.889. The van der Waals surface area contributed by atoms with Gasteiger partial charge in [-0.25, -0.2) is 0 Å². The largest absolute Gasteiger partial charge is 0.497 e. The van der Waals surface area contributed by atoms with E-state index in [0.717, 1.165) is 5.75 Å². The predicted octanol–water partition coefficient (Wildman–Crippen LogP) is 5.18. The van der Waals surface area contributed by atoms with Gasteiger partial charge in [0.05, 0.1) is 7.11 Å². The fourth-order valence-electron chi connectivity index (χ4n) is 3.02. The maximum Gasteiger partial charge on any atom is 0.118 e. The van der Waals surface area contributed by atoms with Crippen LogP contribution in [0.25, 0.3) is 10.4 Å². The van der Waals surface area contributed by atoms with Gasteiger partial charge >= 0.3 is 0 Å². The quantitative estimate of drug-likeness (QED) is 0.437. The van der Waals surface area contributed by atoms with Crippen molar-refractivity contribution < 1.29 is 4.74 Å². The van der Waals surface area contributed by atoms with Crippen LogP contribution in [0.5, 0.6) is 5.75 Å². The van der Waals surface area contributed by atoms with Gasteiger partial charge in [0.2, 0.25) is 0 Å². The molecular weight excluding hydrogens is 355 g/mol. The first-order chi connectivity index (χ1) is 12.9. The second-order valence-corrected chi connectivity index (χ2v) is 8.97. The summed E-state index contributed by atoms with van der Waals surface area (Å²) in [6.07, 6.45) is 0. The van der Waals surface area contributed by atoms with E-state index in [2.05, 4.69) is 84.2 Å². The Kier molecular flexibility index (Phi) is 5.15. The van der Waals surface area contributed by atoms with Gasteiger partial charge < -0.3 is 4.74 Å². The molecule has 128 valence electrons. The molecule has 4 aromatic rings. The van der Waals surface area contributed by atoms with Crippen LogP contribution in [0, 0.1) is 0 Å². The minimum atomic E-state index is -0.585. The van der Waals surface area contributed by atoms with Crippen molar-refractivity contribution in [3.63, 3.8) is 0 Å².